The minimum absolute atomic E-state index is 0. The highest BCUT2D eigenvalue weighted by Gasteiger charge is 2.25. The lowest BCUT2D eigenvalue weighted by Gasteiger charge is -2.27. The van der Waals surface area contributed by atoms with E-state index in [0.29, 0.717) is 6.54 Å². The maximum Gasteiger partial charge on any atom is 0.223 e. The minimum atomic E-state index is 0. The quantitative estimate of drug-likeness (QED) is 0.802. The molecule has 134 valence electrons. The first-order valence-electron chi connectivity index (χ1n) is 9.35. The van der Waals surface area contributed by atoms with E-state index in [2.05, 4.69) is 35.8 Å². The Kier molecular flexibility index (Phi) is 7.57. The van der Waals surface area contributed by atoms with Gasteiger partial charge in [0.05, 0.1) is 0 Å². The first-order valence-corrected chi connectivity index (χ1v) is 9.35. The van der Waals surface area contributed by atoms with Gasteiger partial charge in [-0.2, -0.15) is 0 Å². The van der Waals surface area contributed by atoms with Crippen LogP contribution in [0, 0.1) is 11.8 Å². The summed E-state index contributed by atoms with van der Waals surface area (Å²) in [6, 6.07) is 6.57. The molecule has 1 aromatic carbocycles. The third-order valence-electron chi connectivity index (χ3n) is 5.55. The summed E-state index contributed by atoms with van der Waals surface area (Å²) >= 11 is 0. The van der Waals surface area contributed by atoms with Gasteiger partial charge in [-0.3, -0.25) is 4.79 Å². The van der Waals surface area contributed by atoms with Gasteiger partial charge in [0.2, 0.25) is 5.91 Å². The molecular weight excluding hydrogens is 320 g/mol. The summed E-state index contributed by atoms with van der Waals surface area (Å²) < 4.78 is 0. The minimum Gasteiger partial charge on any atom is -0.352 e. The van der Waals surface area contributed by atoms with E-state index in [1.165, 1.54) is 48.8 Å². The highest BCUT2D eigenvalue weighted by molar-refractivity contribution is 5.85. The number of rotatable bonds is 6. The lowest BCUT2D eigenvalue weighted by Crippen LogP contribution is -2.32. The molecule has 3 nitrogen and oxygen atoms in total. The first-order chi connectivity index (χ1) is 11.3. The number of nitrogens with one attached hydrogen (secondary N) is 2. The molecule has 3 rings (SSSR count). The second-order valence-electron chi connectivity index (χ2n) is 7.28. The van der Waals surface area contributed by atoms with Gasteiger partial charge < -0.3 is 10.6 Å². The van der Waals surface area contributed by atoms with E-state index in [9.17, 15) is 4.79 Å². The van der Waals surface area contributed by atoms with Gasteiger partial charge in [-0.05, 0) is 48.3 Å². The Balaban J connectivity index is 0.00000208. The van der Waals surface area contributed by atoms with Crippen molar-refractivity contribution in [2.24, 2.45) is 11.8 Å². The maximum absolute atomic E-state index is 12.4. The van der Waals surface area contributed by atoms with Gasteiger partial charge in [-0.1, -0.05) is 44.4 Å². The number of carbonyl (C=O) groups is 1. The molecular formula is C20H31ClN2O. The number of unbranched alkanes of at least 4 members (excludes halogenated alkanes) is 1. The van der Waals surface area contributed by atoms with Gasteiger partial charge in [0, 0.05) is 25.6 Å². The van der Waals surface area contributed by atoms with Crippen LogP contribution in [0.4, 0.5) is 0 Å². The Morgan fingerprint density at radius 1 is 1.17 bits per heavy atom. The number of halogens is 1. The van der Waals surface area contributed by atoms with Crippen LogP contribution in [0.5, 0.6) is 0 Å². The summed E-state index contributed by atoms with van der Waals surface area (Å²) in [5, 5.41) is 6.52. The predicted octanol–water partition coefficient (Wildman–Crippen LogP) is 4.32. The molecule has 1 aromatic rings. The van der Waals surface area contributed by atoms with Crippen molar-refractivity contribution in [2.75, 3.05) is 0 Å². The van der Waals surface area contributed by atoms with Crippen LogP contribution in [0.2, 0.25) is 0 Å². The molecule has 24 heavy (non-hydrogen) atoms. The van der Waals surface area contributed by atoms with Crippen molar-refractivity contribution in [1.29, 1.82) is 0 Å². The van der Waals surface area contributed by atoms with Crippen LogP contribution in [0.15, 0.2) is 18.2 Å². The number of hydrogen-bond donors (Lipinski definition) is 2. The maximum atomic E-state index is 12.4. The summed E-state index contributed by atoms with van der Waals surface area (Å²) in [6.07, 6.45) is 8.62. The van der Waals surface area contributed by atoms with Crippen molar-refractivity contribution in [3.05, 3.63) is 34.9 Å². The van der Waals surface area contributed by atoms with Gasteiger partial charge in [0.15, 0.2) is 0 Å². The van der Waals surface area contributed by atoms with Crippen LogP contribution in [-0.2, 0) is 24.4 Å². The summed E-state index contributed by atoms with van der Waals surface area (Å²) in [5.74, 6) is 1.37. The van der Waals surface area contributed by atoms with E-state index >= 15 is 0 Å². The second kappa shape index (κ2) is 9.43. The molecule has 1 aliphatic carbocycles. The Hall–Kier alpha value is -1.06. The van der Waals surface area contributed by atoms with Crippen molar-refractivity contribution in [1.82, 2.24) is 10.6 Å². The summed E-state index contributed by atoms with van der Waals surface area (Å²) in [7, 11) is 0. The molecule has 1 fully saturated rings. The van der Waals surface area contributed by atoms with E-state index < -0.39 is 0 Å². The van der Waals surface area contributed by atoms with Crippen LogP contribution in [-0.4, -0.2) is 5.91 Å². The van der Waals surface area contributed by atoms with E-state index in [-0.39, 0.29) is 24.2 Å². The molecule has 1 aliphatic heterocycles. The Morgan fingerprint density at radius 2 is 1.92 bits per heavy atom. The van der Waals surface area contributed by atoms with E-state index in [1.807, 2.05) is 0 Å². The van der Waals surface area contributed by atoms with Gasteiger partial charge in [0.1, 0.15) is 0 Å². The van der Waals surface area contributed by atoms with Crippen molar-refractivity contribution in [2.45, 2.75) is 71.5 Å². The number of fused-ring (bicyclic) bond motifs is 1. The average Bonchev–Trinajstić information content (AvgIpc) is 3.06. The molecule has 0 spiro atoms. The first kappa shape index (κ1) is 19.3. The predicted molar refractivity (Wildman–Crippen MR) is 101 cm³/mol. The smallest absolute Gasteiger partial charge is 0.223 e. The summed E-state index contributed by atoms with van der Waals surface area (Å²) in [4.78, 5) is 12.4. The zero-order chi connectivity index (χ0) is 16.1. The zero-order valence-electron chi connectivity index (χ0n) is 14.8. The molecule has 1 heterocycles. The van der Waals surface area contributed by atoms with Gasteiger partial charge in [-0.25, -0.2) is 0 Å². The van der Waals surface area contributed by atoms with Crippen LogP contribution in [0.1, 0.15) is 68.6 Å². The number of benzene rings is 1. The molecule has 0 bridgehead atoms. The molecule has 1 saturated carbocycles. The highest BCUT2D eigenvalue weighted by atomic mass is 35.5. The molecule has 2 N–H and O–H groups in total. The molecule has 0 atom stereocenters. The van der Waals surface area contributed by atoms with Crippen molar-refractivity contribution >= 4 is 18.3 Å². The van der Waals surface area contributed by atoms with Gasteiger partial charge >= 0.3 is 0 Å². The Bertz CT molecular complexity index is 538. The molecule has 1 amide bonds. The van der Waals surface area contributed by atoms with E-state index in [0.717, 1.165) is 31.8 Å². The third kappa shape index (κ3) is 4.97. The summed E-state index contributed by atoms with van der Waals surface area (Å²) in [6.45, 7) is 4.86. The Morgan fingerprint density at radius 3 is 2.67 bits per heavy atom. The topological polar surface area (TPSA) is 41.1 Å². The van der Waals surface area contributed by atoms with Crippen LogP contribution in [0.3, 0.4) is 0 Å². The van der Waals surface area contributed by atoms with Gasteiger partial charge in [-0.15, -0.1) is 12.4 Å². The van der Waals surface area contributed by atoms with Gasteiger partial charge in [0.25, 0.3) is 0 Å². The largest absolute Gasteiger partial charge is 0.352 e. The lowest BCUT2D eigenvalue weighted by atomic mass is 9.79. The molecule has 4 heteroatoms. The summed E-state index contributed by atoms with van der Waals surface area (Å²) in [5.41, 5.74) is 4.00. The second-order valence-corrected chi connectivity index (χ2v) is 7.28. The van der Waals surface area contributed by atoms with Crippen LogP contribution in [0.25, 0.3) is 0 Å². The fourth-order valence-electron chi connectivity index (χ4n) is 4.00. The number of carbonyl (C=O) groups excluding carboxylic acids is 1. The lowest BCUT2D eigenvalue weighted by molar-refractivity contribution is -0.126. The van der Waals surface area contributed by atoms with E-state index in [1.54, 1.807) is 0 Å². The highest BCUT2D eigenvalue weighted by Crippen LogP contribution is 2.32. The fraction of sp³-hybridized carbons (Fsp3) is 0.650. The normalized spacial score (nSPS) is 22.5. The average molecular weight is 351 g/mol. The third-order valence-corrected chi connectivity index (χ3v) is 5.55. The van der Waals surface area contributed by atoms with Crippen LogP contribution < -0.4 is 10.6 Å². The zero-order valence-corrected chi connectivity index (χ0v) is 15.6. The monoisotopic (exact) mass is 350 g/mol. The number of amides is 1. The SMILES string of the molecule is CCCCC1CCC(C(=O)NCc2ccc3c(c2)CNC3)CC1.Cl. The molecule has 0 radical (unpaired) electrons. The van der Waals surface area contributed by atoms with Crippen molar-refractivity contribution < 1.29 is 4.79 Å². The standard InChI is InChI=1S/C20H30N2O.ClH/c1-2-3-4-15-5-8-17(9-6-15)20(23)22-12-16-7-10-18-13-21-14-19(18)11-16;/h7,10-11,15,17,21H,2-6,8-9,12-14H2,1H3,(H,22,23);1H. The van der Waals surface area contributed by atoms with E-state index in [4.69, 9.17) is 0 Å². The fourth-order valence-corrected chi connectivity index (χ4v) is 4.00. The van der Waals surface area contributed by atoms with Crippen LogP contribution >= 0.6 is 12.4 Å². The molecule has 0 saturated heterocycles. The Labute approximate surface area is 152 Å². The van der Waals surface area contributed by atoms with Crippen molar-refractivity contribution in [3.8, 4) is 0 Å². The number of hydrogen-bond acceptors (Lipinski definition) is 2. The molecule has 0 aromatic heterocycles. The molecule has 0 unspecified atom stereocenters. The molecule has 2 aliphatic rings. The van der Waals surface area contributed by atoms with Crippen molar-refractivity contribution in [3.63, 3.8) is 0 Å².